The van der Waals surface area contributed by atoms with Crippen LogP contribution in [-0.4, -0.2) is 215 Å². The Bertz CT molecular complexity index is 2270. The lowest BCUT2D eigenvalue weighted by Gasteiger charge is -2.34. The largest absolute Gasteiger partial charge is 0.508 e. The van der Waals surface area contributed by atoms with Crippen LogP contribution in [0.15, 0.2) is 24.3 Å². The third kappa shape index (κ3) is 21.4. The molecule has 3 aliphatic heterocycles. The summed E-state index contributed by atoms with van der Waals surface area (Å²) in [5.41, 5.74) is 11.5. The molecule has 0 aromatic heterocycles. The summed E-state index contributed by atoms with van der Waals surface area (Å²) >= 11 is 0. The lowest BCUT2D eigenvalue weighted by atomic mass is 9.91. The highest BCUT2D eigenvalue weighted by Gasteiger charge is 2.48. The second-order valence-corrected chi connectivity index (χ2v) is 23.0. The number of nitrogens with one attached hydrogen (secondary N) is 6. The molecule has 1 aromatic carbocycles. The zero-order valence-electron chi connectivity index (χ0n) is 48.3. The van der Waals surface area contributed by atoms with E-state index < -0.39 is 177 Å². The van der Waals surface area contributed by atoms with Gasteiger partial charge in [0.15, 0.2) is 6.23 Å². The van der Waals surface area contributed by atoms with Gasteiger partial charge in [-0.3, -0.25) is 38.4 Å². The SMILES string of the molecule is CCC(C)CC(C)CCCCCCCCC(=O)NC1C[C@@H](O)[C@@H](O)NC(=O)C2CN(C[C@@H]2O)C(=O)[C@H]([C@H](O)CCNC(=O)[C@@H](N)CCCCN)NC(=O)[C@H]([C@H](O)[C@@H](O)c2ccc(O)cc2)NC(=O)C2C[C@@H](O)CN2C(=O)[C@H]([C@@H](C)O)NC1=O. The monoisotopic (exact) mass is 1180 g/mol. The van der Waals surface area contributed by atoms with E-state index in [1.54, 1.807) is 0 Å². The fourth-order valence-corrected chi connectivity index (χ4v) is 10.7. The number of hydrogen-bond donors (Lipinski definition) is 17. The molecular weight excluding hydrogens is 1080 g/mol. The minimum absolute atomic E-state index is 0.0695. The van der Waals surface area contributed by atoms with Crippen molar-refractivity contribution >= 4 is 47.3 Å². The molecule has 3 heterocycles. The molecule has 0 radical (unpaired) electrons. The third-order valence-electron chi connectivity index (χ3n) is 16.0. The van der Waals surface area contributed by atoms with Crippen molar-refractivity contribution in [2.75, 3.05) is 32.7 Å². The Morgan fingerprint density at radius 2 is 1.31 bits per heavy atom. The van der Waals surface area contributed by atoms with Crippen LogP contribution >= 0.6 is 0 Å². The van der Waals surface area contributed by atoms with Gasteiger partial charge in [0.05, 0.1) is 36.4 Å². The van der Waals surface area contributed by atoms with E-state index in [0.29, 0.717) is 44.1 Å². The molecule has 0 spiro atoms. The molecule has 0 aliphatic carbocycles. The molecule has 5 unspecified atom stereocenters. The number of phenols is 1. The molecule has 27 heteroatoms. The molecule has 19 N–H and O–H groups in total. The minimum Gasteiger partial charge on any atom is -0.508 e. The summed E-state index contributed by atoms with van der Waals surface area (Å²) in [6, 6.07) is -6.06. The molecule has 27 nitrogen and oxygen atoms in total. The number of amides is 8. The normalized spacial score (nSPS) is 27.7. The van der Waals surface area contributed by atoms with E-state index in [1.807, 2.05) is 0 Å². The molecule has 470 valence electrons. The van der Waals surface area contributed by atoms with Gasteiger partial charge in [0.2, 0.25) is 47.3 Å². The average molecular weight is 1180 g/mol. The van der Waals surface area contributed by atoms with Gasteiger partial charge in [0.25, 0.3) is 0 Å². The number of aliphatic hydroxyl groups excluding tert-OH is 8. The van der Waals surface area contributed by atoms with Crippen LogP contribution in [0.25, 0.3) is 0 Å². The van der Waals surface area contributed by atoms with Crippen LogP contribution in [0.1, 0.15) is 142 Å². The quantitative estimate of drug-likeness (QED) is 0.0402. The van der Waals surface area contributed by atoms with Crippen molar-refractivity contribution in [3.05, 3.63) is 29.8 Å². The third-order valence-corrected chi connectivity index (χ3v) is 16.0. The number of aliphatic hydroxyl groups is 8. The van der Waals surface area contributed by atoms with Gasteiger partial charge in [-0.15, -0.1) is 0 Å². The number of carbonyl (C=O) groups is 8. The van der Waals surface area contributed by atoms with Crippen molar-refractivity contribution in [1.82, 2.24) is 41.7 Å². The standard InChI is InChI=1S/C56H94N10O17/c1-5-30(2)24-31(3)14-10-8-6-7-9-11-16-43(73)60-38-26-41(71)53(80)64-49(76)36-28-65(29-42(36)72)55(82)45(40(70)21-23-59-50(77)37(58)15-12-13-22-57)62-54(81)46(48(75)47(74)33-17-19-34(68)20-18-33)63-52(79)39-25-35(69)27-66(39)56(83)44(32(4)67)61-51(38)78/h17-20,30-32,35-42,44-48,53,67-72,74-75,80H,5-16,21-29,57-58H2,1-4H3,(H,59,77)(H,60,73)(H,61,78)(H,62,81)(H,63,79)(H,64,76)/t30?,31?,32-,35-,36?,37+,38?,39?,40-,41-,42+,44+,45+,46+,47+,48+,53-/m1/s1. The Morgan fingerprint density at radius 1 is 0.687 bits per heavy atom. The summed E-state index contributed by atoms with van der Waals surface area (Å²) in [7, 11) is 0. The van der Waals surface area contributed by atoms with Crippen LogP contribution in [0.5, 0.6) is 5.75 Å². The first-order valence-electron chi connectivity index (χ1n) is 29.3. The fraction of sp³-hybridized carbons (Fsp3) is 0.750. The van der Waals surface area contributed by atoms with Crippen molar-refractivity contribution in [2.24, 2.45) is 29.2 Å². The lowest BCUT2D eigenvalue weighted by Crippen LogP contribution is -2.64. The number of carbonyl (C=O) groups excluding carboxylic acids is 8. The number of hydrogen-bond acceptors (Lipinski definition) is 19. The Kier molecular flexibility index (Phi) is 28.9. The number of rotatable bonds is 26. The van der Waals surface area contributed by atoms with Crippen LogP contribution in [0, 0.1) is 17.8 Å². The fourth-order valence-electron chi connectivity index (χ4n) is 10.7. The number of nitrogens with zero attached hydrogens (tertiary/aromatic N) is 2. The molecule has 1 aromatic rings. The predicted molar refractivity (Wildman–Crippen MR) is 300 cm³/mol. The van der Waals surface area contributed by atoms with Crippen LogP contribution in [0.4, 0.5) is 0 Å². The van der Waals surface area contributed by atoms with E-state index in [2.05, 4.69) is 52.7 Å². The van der Waals surface area contributed by atoms with Crippen molar-refractivity contribution in [3.63, 3.8) is 0 Å². The first kappa shape index (κ1) is 69.9. The van der Waals surface area contributed by atoms with Crippen molar-refractivity contribution < 1.29 is 84.3 Å². The summed E-state index contributed by atoms with van der Waals surface area (Å²) in [6.45, 7) is 6.03. The van der Waals surface area contributed by atoms with Gasteiger partial charge >= 0.3 is 0 Å². The van der Waals surface area contributed by atoms with E-state index in [1.165, 1.54) is 18.6 Å². The predicted octanol–water partition coefficient (Wildman–Crippen LogP) is -3.40. The Balaban J connectivity index is 1.68. The molecule has 2 bridgehead atoms. The van der Waals surface area contributed by atoms with Gasteiger partial charge in [0, 0.05) is 45.4 Å². The first-order valence-corrected chi connectivity index (χ1v) is 29.3. The molecule has 0 saturated carbocycles. The van der Waals surface area contributed by atoms with Crippen LogP contribution in [0.3, 0.4) is 0 Å². The highest BCUT2D eigenvalue weighted by atomic mass is 16.3. The maximum Gasteiger partial charge on any atom is 0.248 e. The zero-order chi connectivity index (χ0) is 61.7. The molecule has 3 saturated heterocycles. The lowest BCUT2D eigenvalue weighted by molar-refractivity contribution is -0.146. The van der Waals surface area contributed by atoms with Gasteiger partial charge in [-0.1, -0.05) is 84.3 Å². The molecule has 3 fully saturated rings. The average Bonchev–Trinajstić information content (AvgIpc) is 4.04. The van der Waals surface area contributed by atoms with Gasteiger partial charge in [-0.05, 0) is 75.1 Å². The van der Waals surface area contributed by atoms with Crippen molar-refractivity contribution in [2.45, 2.75) is 216 Å². The van der Waals surface area contributed by atoms with Gasteiger partial charge in [0.1, 0.15) is 54.3 Å². The molecule has 17 atom stereocenters. The molecule has 8 amide bonds. The highest BCUT2D eigenvalue weighted by molar-refractivity contribution is 5.97. The summed E-state index contributed by atoms with van der Waals surface area (Å²) < 4.78 is 0. The second-order valence-electron chi connectivity index (χ2n) is 23.0. The summed E-state index contributed by atoms with van der Waals surface area (Å²) in [6.07, 6.45) is -7.35. The van der Waals surface area contributed by atoms with E-state index in [9.17, 15) is 84.3 Å². The smallest absolute Gasteiger partial charge is 0.248 e. The van der Waals surface area contributed by atoms with E-state index >= 15 is 0 Å². The van der Waals surface area contributed by atoms with Gasteiger partial charge < -0.3 is 99.1 Å². The molecule has 3 aliphatic rings. The Hall–Kier alpha value is -5.62. The van der Waals surface area contributed by atoms with E-state index in [-0.39, 0.29) is 30.7 Å². The molecule has 83 heavy (non-hydrogen) atoms. The van der Waals surface area contributed by atoms with Gasteiger partial charge in [-0.2, -0.15) is 0 Å². The van der Waals surface area contributed by atoms with Crippen LogP contribution in [0.2, 0.25) is 0 Å². The maximum atomic E-state index is 14.6. The molecule has 4 rings (SSSR count). The number of benzene rings is 1. The van der Waals surface area contributed by atoms with Gasteiger partial charge in [-0.25, -0.2) is 0 Å². The topological polar surface area (TPSA) is 449 Å². The van der Waals surface area contributed by atoms with Crippen LogP contribution in [-0.2, 0) is 38.4 Å². The van der Waals surface area contributed by atoms with Crippen LogP contribution < -0.4 is 43.4 Å². The maximum absolute atomic E-state index is 14.6. The number of unbranched alkanes of at least 4 members (excludes halogenated alkanes) is 6. The number of fused-ring (bicyclic) bond motifs is 3. The summed E-state index contributed by atoms with van der Waals surface area (Å²) in [5.74, 6) is -9.02. The Labute approximate surface area is 485 Å². The molecular formula is C56H94N10O17. The van der Waals surface area contributed by atoms with Crippen molar-refractivity contribution in [3.8, 4) is 5.75 Å². The summed E-state index contributed by atoms with van der Waals surface area (Å²) in [4.78, 5) is 114. The zero-order valence-corrected chi connectivity index (χ0v) is 48.3. The first-order chi connectivity index (χ1) is 39.3. The number of aromatic hydroxyl groups is 1. The number of phenolic OH excluding ortho intramolecular Hbond substituents is 1. The van der Waals surface area contributed by atoms with E-state index in [0.717, 1.165) is 67.4 Å². The summed E-state index contributed by atoms with van der Waals surface area (Å²) in [5, 5.41) is 115. The van der Waals surface area contributed by atoms with E-state index in [4.69, 9.17) is 11.5 Å². The van der Waals surface area contributed by atoms with Crippen molar-refractivity contribution in [1.29, 1.82) is 0 Å². The Morgan fingerprint density at radius 3 is 1.96 bits per heavy atom. The number of nitrogens with two attached hydrogens (primary N) is 2. The highest BCUT2D eigenvalue weighted by Crippen LogP contribution is 2.27. The second kappa shape index (κ2) is 34.4. The minimum atomic E-state index is -2.33.